The van der Waals surface area contributed by atoms with Crippen molar-refractivity contribution in [2.24, 2.45) is 0 Å². The molecule has 6 heteroatoms. The number of nitrogens with zero attached hydrogens (tertiary/aromatic N) is 2. The number of nitrogens with one attached hydrogen (secondary N) is 1. The van der Waals surface area contributed by atoms with E-state index < -0.39 is 0 Å². The molecule has 0 unspecified atom stereocenters. The number of ether oxygens (including phenoxy) is 1. The van der Waals surface area contributed by atoms with Crippen LogP contribution in [0.5, 0.6) is 0 Å². The maximum atomic E-state index is 12.0. The Morgan fingerprint density at radius 2 is 2.41 bits per heavy atom. The Bertz CT molecular complexity index is 609. The van der Waals surface area contributed by atoms with Crippen molar-refractivity contribution in [1.82, 2.24) is 15.3 Å². The van der Waals surface area contributed by atoms with E-state index in [4.69, 9.17) is 4.74 Å². The lowest BCUT2D eigenvalue weighted by atomic mass is 10.1. The molecule has 2 aromatic rings. The summed E-state index contributed by atoms with van der Waals surface area (Å²) in [5, 5.41) is 5.93. The molecule has 1 aliphatic heterocycles. The molecule has 1 saturated heterocycles. The van der Waals surface area contributed by atoms with Crippen molar-refractivity contribution in [3.63, 3.8) is 0 Å². The zero-order chi connectivity index (χ0) is 15.2. The molecule has 5 nitrogen and oxygen atoms in total. The van der Waals surface area contributed by atoms with Crippen molar-refractivity contribution in [2.45, 2.75) is 31.8 Å². The van der Waals surface area contributed by atoms with Crippen LogP contribution < -0.4 is 5.32 Å². The van der Waals surface area contributed by atoms with Gasteiger partial charge in [0, 0.05) is 42.9 Å². The van der Waals surface area contributed by atoms with E-state index in [9.17, 15) is 4.79 Å². The van der Waals surface area contributed by atoms with Crippen LogP contribution in [-0.2, 0) is 16.0 Å². The molecule has 0 radical (unpaired) electrons. The highest BCUT2D eigenvalue weighted by atomic mass is 32.1. The molecular weight excluding hydrogens is 298 g/mol. The monoisotopic (exact) mass is 317 g/mol. The molecule has 2 aromatic heterocycles. The first-order valence-corrected chi connectivity index (χ1v) is 8.45. The molecule has 1 amide bonds. The topological polar surface area (TPSA) is 64.1 Å². The Kier molecular flexibility index (Phi) is 5.13. The molecule has 0 spiro atoms. The van der Waals surface area contributed by atoms with Crippen LogP contribution in [-0.4, -0.2) is 35.1 Å². The number of carbonyl (C=O) groups excluding carboxylic acids is 1. The molecule has 22 heavy (non-hydrogen) atoms. The van der Waals surface area contributed by atoms with Crippen LogP contribution in [0.1, 0.15) is 25.0 Å². The summed E-state index contributed by atoms with van der Waals surface area (Å²) in [5.74, 6) is 0.00223. The minimum atomic E-state index is -0.268. The minimum Gasteiger partial charge on any atom is -0.368 e. The summed E-state index contributed by atoms with van der Waals surface area (Å²) in [6.45, 7) is 1.29. The molecule has 0 aliphatic carbocycles. The van der Waals surface area contributed by atoms with Gasteiger partial charge < -0.3 is 10.1 Å². The lowest BCUT2D eigenvalue weighted by molar-refractivity contribution is -0.135. The predicted octanol–water partition coefficient (Wildman–Crippen LogP) is 2.43. The Labute approximate surface area is 133 Å². The maximum absolute atomic E-state index is 12.0. The molecule has 1 fully saturated rings. The van der Waals surface area contributed by atoms with Crippen LogP contribution >= 0.6 is 11.3 Å². The molecule has 3 rings (SSSR count). The standard InChI is InChI=1S/C16H19N3O2S/c20-15(14-5-1-2-9-21-14)18-8-6-13-11-22-16(19-13)12-4-3-7-17-10-12/h3-4,7,10-11,14H,1-2,5-6,8-9H2,(H,18,20)/t14-/m0/s1. The first-order chi connectivity index (χ1) is 10.8. The van der Waals surface area contributed by atoms with Gasteiger partial charge in [-0.3, -0.25) is 9.78 Å². The van der Waals surface area contributed by atoms with Gasteiger partial charge in [-0.2, -0.15) is 0 Å². The third kappa shape index (κ3) is 3.90. The Balaban J connectivity index is 1.48. The van der Waals surface area contributed by atoms with E-state index in [2.05, 4.69) is 15.3 Å². The van der Waals surface area contributed by atoms with Gasteiger partial charge in [-0.25, -0.2) is 4.98 Å². The largest absolute Gasteiger partial charge is 0.368 e. The fourth-order valence-electron chi connectivity index (χ4n) is 2.42. The third-order valence-corrected chi connectivity index (χ3v) is 4.55. The second kappa shape index (κ2) is 7.47. The highest BCUT2D eigenvalue weighted by Crippen LogP contribution is 2.22. The van der Waals surface area contributed by atoms with Gasteiger partial charge in [0.05, 0.1) is 5.69 Å². The van der Waals surface area contributed by atoms with Crippen molar-refractivity contribution in [3.05, 3.63) is 35.6 Å². The van der Waals surface area contributed by atoms with E-state index in [1.54, 1.807) is 17.5 Å². The molecule has 1 atom stereocenters. The quantitative estimate of drug-likeness (QED) is 0.920. The lowest BCUT2D eigenvalue weighted by Gasteiger charge is -2.21. The van der Waals surface area contributed by atoms with Crippen molar-refractivity contribution < 1.29 is 9.53 Å². The van der Waals surface area contributed by atoms with Gasteiger partial charge in [0.1, 0.15) is 11.1 Å². The average Bonchev–Trinajstić information content (AvgIpc) is 3.05. The van der Waals surface area contributed by atoms with Crippen LogP contribution in [0.15, 0.2) is 29.9 Å². The fraction of sp³-hybridized carbons (Fsp3) is 0.438. The van der Waals surface area contributed by atoms with Crippen LogP contribution in [0.3, 0.4) is 0 Å². The zero-order valence-corrected chi connectivity index (χ0v) is 13.1. The lowest BCUT2D eigenvalue weighted by Crippen LogP contribution is -2.39. The summed E-state index contributed by atoms with van der Waals surface area (Å²) >= 11 is 1.60. The highest BCUT2D eigenvalue weighted by Gasteiger charge is 2.21. The first kappa shape index (κ1) is 15.1. The van der Waals surface area contributed by atoms with Gasteiger partial charge in [0.15, 0.2) is 0 Å². The van der Waals surface area contributed by atoms with Crippen LogP contribution in [0.4, 0.5) is 0 Å². The maximum Gasteiger partial charge on any atom is 0.249 e. The van der Waals surface area contributed by atoms with Crippen molar-refractivity contribution >= 4 is 17.2 Å². The van der Waals surface area contributed by atoms with E-state index in [1.807, 2.05) is 23.7 Å². The van der Waals surface area contributed by atoms with E-state index in [1.165, 1.54) is 0 Å². The Morgan fingerprint density at radius 1 is 1.45 bits per heavy atom. The number of carbonyl (C=O) groups is 1. The molecule has 0 bridgehead atoms. The fourth-order valence-corrected chi connectivity index (χ4v) is 3.26. The molecule has 1 aliphatic rings. The number of aromatic nitrogens is 2. The number of rotatable bonds is 5. The SMILES string of the molecule is O=C(NCCc1csc(-c2cccnc2)n1)[C@@H]1CCCCO1. The second-order valence-corrected chi connectivity index (χ2v) is 6.14. The molecule has 1 N–H and O–H groups in total. The van der Waals surface area contributed by atoms with Crippen molar-refractivity contribution in [3.8, 4) is 10.6 Å². The average molecular weight is 317 g/mol. The van der Waals surface area contributed by atoms with Gasteiger partial charge in [-0.05, 0) is 31.4 Å². The minimum absolute atomic E-state index is 0.00223. The summed E-state index contributed by atoms with van der Waals surface area (Å²) in [4.78, 5) is 20.6. The summed E-state index contributed by atoms with van der Waals surface area (Å²) < 4.78 is 5.47. The van der Waals surface area contributed by atoms with Crippen LogP contribution in [0.2, 0.25) is 0 Å². The molecular formula is C16H19N3O2S. The summed E-state index contributed by atoms with van der Waals surface area (Å²) in [5.41, 5.74) is 2.02. The predicted molar refractivity (Wildman–Crippen MR) is 85.6 cm³/mol. The van der Waals surface area contributed by atoms with Gasteiger partial charge in [0.25, 0.3) is 0 Å². The number of amides is 1. The number of hydrogen-bond acceptors (Lipinski definition) is 5. The molecule has 0 saturated carbocycles. The molecule has 3 heterocycles. The second-order valence-electron chi connectivity index (χ2n) is 5.28. The summed E-state index contributed by atoms with van der Waals surface area (Å²) in [6.07, 6.45) is 6.97. The normalized spacial score (nSPS) is 18.1. The highest BCUT2D eigenvalue weighted by molar-refractivity contribution is 7.13. The van der Waals surface area contributed by atoms with Crippen molar-refractivity contribution in [2.75, 3.05) is 13.2 Å². The van der Waals surface area contributed by atoms with E-state index in [0.29, 0.717) is 13.2 Å². The number of hydrogen-bond donors (Lipinski definition) is 1. The third-order valence-electron chi connectivity index (χ3n) is 3.61. The smallest absolute Gasteiger partial charge is 0.249 e. The van der Waals surface area contributed by atoms with E-state index in [0.717, 1.165) is 41.9 Å². The van der Waals surface area contributed by atoms with Gasteiger partial charge in [-0.1, -0.05) is 0 Å². The van der Waals surface area contributed by atoms with Crippen molar-refractivity contribution in [1.29, 1.82) is 0 Å². The zero-order valence-electron chi connectivity index (χ0n) is 12.3. The first-order valence-electron chi connectivity index (χ1n) is 7.57. The molecule has 0 aromatic carbocycles. The number of pyridine rings is 1. The van der Waals surface area contributed by atoms with Crippen LogP contribution in [0, 0.1) is 0 Å². The van der Waals surface area contributed by atoms with E-state index >= 15 is 0 Å². The molecule has 116 valence electrons. The van der Waals surface area contributed by atoms with E-state index in [-0.39, 0.29) is 12.0 Å². The Hall–Kier alpha value is -1.79. The van der Waals surface area contributed by atoms with Gasteiger partial charge in [0.2, 0.25) is 5.91 Å². The van der Waals surface area contributed by atoms with Gasteiger partial charge in [-0.15, -0.1) is 11.3 Å². The Morgan fingerprint density at radius 3 is 3.18 bits per heavy atom. The van der Waals surface area contributed by atoms with Gasteiger partial charge >= 0.3 is 0 Å². The number of thiazole rings is 1. The van der Waals surface area contributed by atoms with Crippen LogP contribution in [0.25, 0.3) is 10.6 Å². The summed E-state index contributed by atoms with van der Waals surface area (Å²) in [7, 11) is 0. The summed E-state index contributed by atoms with van der Waals surface area (Å²) in [6, 6.07) is 3.90.